The van der Waals surface area contributed by atoms with E-state index >= 15 is 0 Å². The molecule has 4 aliphatic rings. The number of ether oxygens (including phenoxy) is 2. The Hall–Kier alpha value is -0.610. The first kappa shape index (κ1) is 11.2. The van der Waals surface area contributed by atoms with Crippen LogP contribution in [0.25, 0.3) is 0 Å². The zero-order chi connectivity index (χ0) is 12.4. The number of rotatable bonds is 3. The van der Waals surface area contributed by atoms with Crippen molar-refractivity contribution in [2.45, 2.75) is 69.4 Å². The van der Waals surface area contributed by atoms with Crippen molar-refractivity contribution in [2.24, 2.45) is 11.3 Å². The summed E-state index contributed by atoms with van der Waals surface area (Å²) in [6.07, 6.45) is 9.15. The number of carboxylic acid groups (broad SMARTS) is 1. The summed E-state index contributed by atoms with van der Waals surface area (Å²) in [6.45, 7) is 0. The van der Waals surface area contributed by atoms with Crippen molar-refractivity contribution in [3.63, 3.8) is 0 Å². The molecular formula is C14H20O4. The zero-order valence-corrected chi connectivity index (χ0v) is 10.6. The Morgan fingerprint density at radius 2 is 1.83 bits per heavy atom. The lowest BCUT2D eigenvalue weighted by Gasteiger charge is -2.34. The second kappa shape index (κ2) is 3.28. The fourth-order valence-electron chi connectivity index (χ4n) is 4.31. The van der Waals surface area contributed by atoms with Crippen LogP contribution in [0, 0.1) is 11.3 Å². The van der Waals surface area contributed by atoms with Crippen LogP contribution >= 0.6 is 0 Å². The van der Waals surface area contributed by atoms with E-state index in [9.17, 15) is 9.90 Å². The molecule has 2 aliphatic heterocycles. The largest absolute Gasteiger partial charge is 0.481 e. The Bertz CT molecular complexity index is 393. The monoisotopic (exact) mass is 252 g/mol. The van der Waals surface area contributed by atoms with Crippen molar-refractivity contribution in [2.75, 3.05) is 0 Å². The van der Waals surface area contributed by atoms with Gasteiger partial charge in [-0.3, -0.25) is 4.79 Å². The normalized spacial score (nSPS) is 50.2. The first-order valence-electron chi connectivity index (χ1n) is 7.24. The molecule has 0 aromatic carbocycles. The zero-order valence-electron chi connectivity index (χ0n) is 10.6. The van der Waals surface area contributed by atoms with Crippen LogP contribution in [0.1, 0.15) is 57.8 Å². The summed E-state index contributed by atoms with van der Waals surface area (Å²) < 4.78 is 11.1. The highest BCUT2D eigenvalue weighted by Crippen LogP contribution is 2.77. The van der Waals surface area contributed by atoms with Crippen molar-refractivity contribution in [3.8, 4) is 0 Å². The predicted octanol–water partition coefficient (Wildman–Crippen LogP) is 2.66. The highest BCUT2D eigenvalue weighted by molar-refractivity contribution is 5.75. The molecular weight excluding hydrogens is 232 g/mol. The van der Waals surface area contributed by atoms with Gasteiger partial charge in [0.05, 0.1) is 5.41 Å². The van der Waals surface area contributed by atoms with E-state index in [-0.39, 0.29) is 5.79 Å². The van der Waals surface area contributed by atoms with E-state index in [2.05, 4.69) is 0 Å². The molecule has 2 saturated heterocycles. The molecule has 2 saturated carbocycles. The van der Waals surface area contributed by atoms with Crippen LogP contribution in [0.4, 0.5) is 0 Å². The average Bonchev–Trinajstić information content (AvgIpc) is 3.15. The lowest BCUT2D eigenvalue weighted by molar-refractivity contribution is -0.154. The van der Waals surface area contributed by atoms with E-state index in [4.69, 9.17) is 9.47 Å². The third-order valence-corrected chi connectivity index (χ3v) is 5.52. The Morgan fingerprint density at radius 3 is 2.44 bits per heavy atom. The quantitative estimate of drug-likeness (QED) is 0.784. The number of aliphatic carboxylic acids is 1. The fourth-order valence-corrected chi connectivity index (χ4v) is 4.31. The molecule has 0 spiro atoms. The van der Waals surface area contributed by atoms with Gasteiger partial charge in [-0.05, 0) is 18.8 Å². The number of hydrogen-bond acceptors (Lipinski definition) is 3. The summed E-state index contributed by atoms with van der Waals surface area (Å²) >= 11 is 0. The fraction of sp³-hybridized carbons (Fsp3) is 0.929. The van der Waals surface area contributed by atoms with E-state index in [0.29, 0.717) is 12.3 Å². The molecule has 1 N–H and O–H groups in total. The van der Waals surface area contributed by atoms with Gasteiger partial charge in [0.1, 0.15) is 0 Å². The van der Waals surface area contributed by atoms with Crippen molar-refractivity contribution < 1.29 is 19.4 Å². The molecule has 4 nitrogen and oxygen atoms in total. The van der Waals surface area contributed by atoms with Crippen molar-refractivity contribution in [1.29, 1.82) is 0 Å². The maximum absolute atomic E-state index is 11.8. The first-order valence-corrected chi connectivity index (χ1v) is 7.24. The van der Waals surface area contributed by atoms with Gasteiger partial charge in [-0.2, -0.15) is 0 Å². The lowest BCUT2D eigenvalue weighted by Crippen LogP contribution is -2.38. The second-order valence-electron chi connectivity index (χ2n) is 6.68. The molecule has 0 radical (unpaired) electrons. The van der Waals surface area contributed by atoms with E-state index in [1.807, 2.05) is 0 Å². The van der Waals surface area contributed by atoms with E-state index in [0.717, 1.165) is 19.3 Å². The minimum Gasteiger partial charge on any atom is -0.481 e. The van der Waals surface area contributed by atoms with Gasteiger partial charge in [0.15, 0.2) is 0 Å². The van der Waals surface area contributed by atoms with Crippen LogP contribution in [-0.4, -0.2) is 22.7 Å². The van der Waals surface area contributed by atoms with Crippen LogP contribution in [0.2, 0.25) is 0 Å². The van der Waals surface area contributed by atoms with Crippen LogP contribution in [0.15, 0.2) is 0 Å². The van der Waals surface area contributed by atoms with Gasteiger partial charge in [-0.1, -0.05) is 32.1 Å². The standard InChI is InChI=1S/C14H20O4/c15-11(16)12(8-10-4-2-1-3-5-10)6-7-13-14(9-12,17-13)18-13/h10H,1-9H2,(H,15,16). The Kier molecular flexibility index (Phi) is 2.05. The molecule has 0 aromatic heterocycles. The Morgan fingerprint density at radius 1 is 1.11 bits per heavy atom. The van der Waals surface area contributed by atoms with Gasteiger partial charge in [0, 0.05) is 12.8 Å². The summed E-state index contributed by atoms with van der Waals surface area (Å²) in [5.74, 6) is -0.852. The molecule has 4 heteroatoms. The number of hydrogen-bond donors (Lipinski definition) is 1. The van der Waals surface area contributed by atoms with Gasteiger partial charge in [0.25, 0.3) is 0 Å². The summed E-state index contributed by atoms with van der Waals surface area (Å²) in [4.78, 5) is 11.8. The average molecular weight is 252 g/mol. The number of epoxide rings is 2. The highest BCUT2D eigenvalue weighted by Gasteiger charge is 2.93. The smallest absolute Gasteiger partial charge is 0.309 e. The minimum atomic E-state index is -0.637. The molecule has 18 heavy (non-hydrogen) atoms. The molecule has 4 rings (SSSR count). The Balaban J connectivity index is 1.51. The highest BCUT2D eigenvalue weighted by atomic mass is 17.0. The maximum atomic E-state index is 11.8. The third-order valence-electron chi connectivity index (χ3n) is 5.52. The maximum Gasteiger partial charge on any atom is 0.309 e. The van der Waals surface area contributed by atoms with E-state index in [1.165, 1.54) is 32.1 Å². The van der Waals surface area contributed by atoms with Crippen LogP contribution in [0.3, 0.4) is 0 Å². The molecule has 0 amide bonds. The van der Waals surface area contributed by atoms with Crippen LogP contribution < -0.4 is 0 Å². The number of carbonyl (C=O) groups is 1. The summed E-state index contributed by atoms with van der Waals surface area (Å²) in [5.41, 5.74) is -0.585. The Labute approximate surface area is 107 Å². The number of carboxylic acids is 1. The van der Waals surface area contributed by atoms with Gasteiger partial charge < -0.3 is 14.6 Å². The topological polar surface area (TPSA) is 62.4 Å². The second-order valence-corrected chi connectivity index (χ2v) is 6.68. The van der Waals surface area contributed by atoms with Crippen molar-refractivity contribution in [3.05, 3.63) is 0 Å². The predicted molar refractivity (Wildman–Crippen MR) is 62.7 cm³/mol. The lowest BCUT2D eigenvalue weighted by atomic mass is 9.67. The SMILES string of the molecule is O=C(O)C1(CC2CCCCC2)CCC23OC2(C1)O3. The van der Waals surface area contributed by atoms with E-state index < -0.39 is 17.2 Å². The van der Waals surface area contributed by atoms with E-state index in [1.54, 1.807) is 0 Å². The van der Waals surface area contributed by atoms with Crippen LogP contribution in [0.5, 0.6) is 0 Å². The van der Waals surface area contributed by atoms with Crippen molar-refractivity contribution in [1.82, 2.24) is 0 Å². The van der Waals surface area contributed by atoms with Gasteiger partial charge in [0.2, 0.25) is 11.6 Å². The summed E-state index contributed by atoms with van der Waals surface area (Å²) in [6, 6.07) is 0. The molecule has 0 bridgehead atoms. The van der Waals surface area contributed by atoms with Crippen LogP contribution in [-0.2, 0) is 14.3 Å². The molecule has 0 aromatic rings. The molecule has 1 unspecified atom stereocenters. The van der Waals surface area contributed by atoms with Crippen molar-refractivity contribution >= 4 is 5.97 Å². The molecule has 2 heterocycles. The summed E-state index contributed by atoms with van der Waals surface area (Å²) in [5, 5.41) is 9.68. The van der Waals surface area contributed by atoms with Gasteiger partial charge in [-0.15, -0.1) is 0 Å². The molecule has 1 atom stereocenters. The van der Waals surface area contributed by atoms with Gasteiger partial charge in [-0.25, -0.2) is 0 Å². The molecule has 2 aliphatic carbocycles. The summed E-state index contributed by atoms with van der Waals surface area (Å²) in [7, 11) is 0. The molecule has 4 fully saturated rings. The van der Waals surface area contributed by atoms with Gasteiger partial charge >= 0.3 is 5.97 Å². The minimum absolute atomic E-state index is 0.335. The molecule has 100 valence electrons. The first-order chi connectivity index (χ1) is 8.60. The third kappa shape index (κ3) is 1.36.